The van der Waals surface area contributed by atoms with E-state index in [1.165, 1.54) is 22.3 Å². The van der Waals surface area contributed by atoms with Gasteiger partial charge in [-0.3, -0.25) is 4.90 Å². The molecule has 0 bridgehead atoms. The van der Waals surface area contributed by atoms with Crippen molar-refractivity contribution in [1.82, 2.24) is 10.2 Å². The zero-order valence-electron chi connectivity index (χ0n) is 16.4. The first-order valence-corrected chi connectivity index (χ1v) is 9.93. The number of hydrogen-bond acceptors (Lipinski definition) is 3. The molecule has 0 aromatic heterocycles. The van der Waals surface area contributed by atoms with Crippen molar-refractivity contribution in [2.45, 2.75) is 26.8 Å². The number of ether oxygens (including phenoxy) is 1. The van der Waals surface area contributed by atoms with Gasteiger partial charge in [-0.2, -0.15) is 0 Å². The number of hydrogen-bond donors (Lipinski definition) is 2. The first kappa shape index (κ1) is 19.8. The molecular formula is C22H29N3OS. The number of anilines is 1. The number of nitrogens with zero attached hydrogens (tertiary/aromatic N) is 1. The van der Waals surface area contributed by atoms with Gasteiger partial charge in [0.05, 0.1) is 19.3 Å². The fraction of sp³-hybridized carbons (Fsp3) is 0.409. The smallest absolute Gasteiger partial charge is 0.171 e. The molecule has 3 rings (SSSR count). The quantitative estimate of drug-likeness (QED) is 0.764. The van der Waals surface area contributed by atoms with Crippen molar-refractivity contribution in [1.29, 1.82) is 0 Å². The monoisotopic (exact) mass is 383 g/mol. The zero-order valence-corrected chi connectivity index (χ0v) is 17.2. The van der Waals surface area contributed by atoms with Gasteiger partial charge >= 0.3 is 0 Å². The molecule has 0 saturated carbocycles. The minimum absolute atomic E-state index is 0.134. The van der Waals surface area contributed by atoms with E-state index in [2.05, 4.69) is 78.8 Å². The van der Waals surface area contributed by atoms with Gasteiger partial charge in [-0.15, -0.1) is 0 Å². The average Bonchev–Trinajstić information content (AvgIpc) is 2.66. The van der Waals surface area contributed by atoms with Crippen LogP contribution in [-0.4, -0.2) is 42.9 Å². The number of thiocarbonyl (C=S) groups is 1. The number of benzene rings is 2. The Labute approximate surface area is 167 Å². The molecule has 1 atom stereocenters. The molecule has 27 heavy (non-hydrogen) atoms. The van der Waals surface area contributed by atoms with E-state index in [0.29, 0.717) is 5.11 Å². The normalized spacial score (nSPS) is 16.0. The molecule has 1 heterocycles. The van der Waals surface area contributed by atoms with Gasteiger partial charge in [0.25, 0.3) is 0 Å². The van der Waals surface area contributed by atoms with Gasteiger partial charge in [-0.05, 0) is 61.8 Å². The Balaban J connectivity index is 1.70. The lowest BCUT2D eigenvalue weighted by Gasteiger charge is -2.31. The Hall–Kier alpha value is -1.95. The van der Waals surface area contributed by atoms with Crippen molar-refractivity contribution in [3.8, 4) is 0 Å². The molecule has 4 nitrogen and oxygen atoms in total. The predicted octanol–water partition coefficient (Wildman–Crippen LogP) is 3.97. The summed E-state index contributed by atoms with van der Waals surface area (Å²) in [5.74, 6) is 0. The van der Waals surface area contributed by atoms with Crippen molar-refractivity contribution < 1.29 is 4.74 Å². The molecule has 0 spiro atoms. The zero-order chi connectivity index (χ0) is 19.2. The summed E-state index contributed by atoms with van der Waals surface area (Å²) in [4.78, 5) is 2.43. The molecule has 0 unspecified atom stereocenters. The maximum Gasteiger partial charge on any atom is 0.171 e. The molecular weight excluding hydrogens is 354 g/mol. The summed E-state index contributed by atoms with van der Waals surface area (Å²) in [6.45, 7) is 10.8. The Morgan fingerprint density at radius 1 is 1.04 bits per heavy atom. The lowest BCUT2D eigenvalue weighted by Crippen LogP contribution is -2.44. The van der Waals surface area contributed by atoms with Crippen molar-refractivity contribution in [2.75, 3.05) is 38.2 Å². The molecule has 1 fully saturated rings. The van der Waals surface area contributed by atoms with Gasteiger partial charge in [0.1, 0.15) is 0 Å². The van der Waals surface area contributed by atoms with E-state index in [1.807, 2.05) is 0 Å². The summed E-state index contributed by atoms with van der Waals surface area (Å²) in [7, 11) is 0. The van der Waals surface area contributed by atoms with E-state index >= 15 is 0 Å². The predicted molar refractivity (Wildman–Crippen MR) is 116 cm³/mol. The van der Waals surface area contributed by atoms with Gasteiger partial charge in [-0.25, -0.2) is 0 Å². The molecule has 0 aliphatic carbocycles. The van der Waals surface area contributed by atoms with Crippen LogP contribution in [-0.2, 0) is 4.74 Å². The van der Waals surface area contributed by atoms with Crippen LogP contribution in [0.15, 0.2) is 42.5 Å². The third kappa shape index (κ3) is 5.76. The minimum atomic E-state index is 0.134. The topological polar surface area (TPSA) is 36.5 Å². The maximum absolute atomic E-state index is 5.62. The largest absolute Gasteiger partial charge is 0.379 e. The number of rotatable bonds is 5. The Bertz CT molecular complexity index is 770. The van der Waals surface area contributed by atoms with Crippen LogP contribution in [0, 0.1) is 20.8 Å². The lowest BCUT2D eigenvalue weighted by atomic mass is 10.0. The summed E-state index contributed by atoms with van der Waals surface area (Å²) < 4.78 is 5.48. The van der Waals surface area contributed by atoms with E-state index < -0.39 is 0 Å². The van der Waals surface area contributed by atoms with Gasteiger partial charge in [0, 0.05) is 25.3 Å². The SMILES string of the molecule is Cc1ccc([C@@H](CN2CCOCC2)NC(=S)Nc2ccc(C)c(C)c2)cc1. The van der Waals surface area contributed by atoms with Crippen LogP contribution in [0.5, 0.6) is 0 Å². The second-order valence-electron chi connectivity index (χ2n) is 7.27. The summed E-state index contributed by atoms with van der Waals surface area (Å²) in [6, 6.07) is 15.1. The molecule has 2 aromatic rings. The highest BCUT2D eigenvalue weighted by Crippen LogP contribution is 2.18. The lowest BCUT2D eigenvalue weighted by molar-refractivity contribution is 0.0344. The van der Waals surface area contributed by atoms with Crippen LogP contribution in [0.1, 0.15) is 28.3 Å². The van der Waals surface area contributed by atoms with Gasteiger partial charge in [0.15, 0.2) is 5.11 Å². The molecule has 2 aromatic carbocycles. The minimum Gasteiger partial charge on any atom is -0.379 e. The van der Waals surface area contributed by atoms with Crippen molar-refractivity contribution in [2.24, 2.45) is 0 Å². The van der Waals surface area contributed by atoms with E-state index in [1.54, 1.807) is 0 Å². The van der Waals surface area contributed by atoms with Crippen LogP contribution in [0.3, 0.4) is 0 Å². The second-order valence-corrected chi connectivity index (χ2v) is 7.68. The summed E-state index contributed by atoms with van der Waals surface area (Å²) in [6.07, 6.45) is 0. The number of aryl methyl sites for hydroxylation is 3. The Morgan fingerprint density at radius 3 is 2.41 bits per heavy atom. The van der Waals surface area contributed by atoms with Crippen LogP contribution in [0.25, 0.3) is 0 Å². The molecule has 1 aliphatic heterocycles. The summed E-state index contributed by atoms with van der Waals surface area (Å²) >= 11 is 5.62. The molecule has 5 heteroatoms. The van der Waals surface area contributed by atoms with Crippen LogP contribution < -0.4 is 10.6 Å². The van der Waals surface area contributed by atoms with Crippen LogP contribution in [0.4, 0.5) is 5.69 Å². The van der Waals surface area contributed by atoms with Crippen LogP contribution in [0.2, 0.25) is 0 Å². The first-order chi connectivity index (χ1) is 13.0. The summed E-state index contributed by atoms with van der Waals surface area (Å²) in [5.41, 5.74) is 6.07. The Kier molecular flexibility index (Phi) is 6.83. The van der Waals surface area contributed by atoms with E-state index in [4.69, 9.17) is 17.0 Å². The summed E-state index contributed by atoms with van der Waals surface area (Å²) in [5, 5.41) is 7.51. The molecule has 144 valence electrons. The molecule has 1 aliphatic rings. The molecule has 0 amide bonds. The molecule has 0 radical (unpaired) electrons. The van der Waals surface area contributed by atoms with Crippen molar-refractivity contribution in [3.05, 3.63) is 64.7 Å². The highest BCUT2D eigenvalue weighted by atomic mass is 32.1. The van der Waals surface area contributed by atoms with E-state index in [-0.39, 0.29) is 6.04 Å². The molecule has 1 saturated heterocycles. The average molecular weight is 384 g/mol. The van der Waals surface area contributed by atoms with E-state index in [9.17, 15) is 0 Å². The third-order valence-corrected chi connectivity index (χ3v) is 5.31. The van der Waals surface area contributed by atoms with Gasteiger partial charge < -0.3 is 15.4 Å². The Morgan fingerprint density at radius 2 is 1.74 bits per heavy atom. The maximum atomic E-state index is 5.62. The highest BCUT2D eigenvalue weighted by Gasteiger charge is 2.19. The number of nitrogens with one attached hydrogen (secondary N) is 2. The van der Waals surface area contributed by atoms with Gasteiger partial charge in [-0.1, -0.05) is 35.9 Å². The first-order valence-electron chi connectivity index (χ1n) is 9.53. The second kappa shape index (κ2) is 9.31. The standard InChI is InChI=1S/C22H29N3OS/c1-16-4-7-19(8-5-16)21(15-25-10-12-26-13-11-25)24-22(27)23-20-9-6-17(2)18(3)14-20/h4-9,14,21H,10-13,15H2,1-3H3,(H2,23,24,27)/t21-/m1/s1. The fourth-order valence-electron chi connectivity index (χ4n) is 3.22. The van der Waals surface area contributed by atoms with Crippen LogP contribution >= 0.6 is 12.2 Å². The van der Waals surface area contributed by atoms with Crippen molar-refractivity contribution in [3.63, 3.8) is 0 Å². The van der Waals surface area contributed by atoms with Crippen molar-refractivity contribution >= 4 is 23.0 Å². The van der Waals surface area contributed by atoms with E-state index in [0.717, 1.165) is 38.5 Å². The third-order valence-electron chi connectivity index (χ3n) is 5.09. The highest BCUT2D eigenvalue weighted by molar-refractivity contribution is 7.80. The fourth-order valence-corrected chi connectivity index (χ4v) is 3.48. The van der Waals surface area contributed by atoms with Gasteiger partial charge in [0.2, 0.25) is 0 Å². The molecule has 2 N–H and O–H groups in total. The number of morpholine rings is 1.